The number of hydrogen-bond donors (Lipinski definition) is 1. The molecule has 3 rings (SSSR count). The molecule has 2 aromatic rings. The van der Waals surface area contributed by atoms with Crippen molar-refractivity contribution in [2.24, 2.45) is 10.9 Å². The lowest BCUT2D eigenvalue weighted by Crippen LogP contribution is -2.46. The smallest absolute Gasteiger partial charge is 0.308 e. The predicted octanol–water partition coefficient (Wildman–Crippen LogP) is 3.10. The van der Waals surface area contributed by atoms with Gasteiger partial charge < -0.3 is 15.0 Å². The number of pyridine rings is 1. The Hall–Kier alpha value is -2.89. The van der Waals surface area contributed by atoms with E-state index < -0.39 is 0 Å². The third-order valence-corrected chi connectivity index (χ3v) is 4.96. The molecule has 1 N–H and O–H groups in total. The number of hydrogen-bond acceptors (Lipinski definition) is 4. The van der Waals surface area contributed by atoms with Crippen LogP contribution in [0.25, 0.3) is 11.3 Å². The fourth-order valence-corrected chi connectivity index (χ4v) is 3.45. The van der Waals surface area contributed by atoms with E-state index in [0.29, 0.717) is 6.54 Å². The third-order valence-electron chi connectivity index (χ3n) is 4.96. The summed E-state index contributed by atoms with van der Waals surface area (Å²) in [7, 11) is 1.46. The number of carbonyl (C=O) groups excluding carboxylic acids is 1. The highest BCUT2D eigenvalue weighted by Gasteiger charge is 2.26. The molecule has 0 unspecified atom stereocenters. The Bertz CT molecular complexity index is 799. The van der Waals surface area contributed by atoms with Crippen LogP contribution in [0.1, 0.15) is 25.3 Å². The number of aromatic nitrogens is 1. The summed E-state index contributed by atoms with van der Waals surface area (Å²) in [6.45, 7) is 5.08. The Labute approximate surface area is 166 Å². The van der Waals surface area contributed by atoms with E-state index in [1.54, 1.807) is 6.20 Å². The second kappa shape index (κ2) is 9.88. The van der Waals surface area contributed by atoms with Crippen molar-refractivity contribution >= 4 is 11.9 Å². The number of guanidine groups is 1. The van der Waals surface area contributed by atoms with Crippen LogP contribution in [0.15, 0.2) is 53.7 Å². The van der Waals surface area contributed by atoms with Crippen LogP contribution in [0, 0.1) is 5.92 Å². The van der Waals surface area contributed by atoms with E-state index in [2.05, 4.69) is 40.3 Å². The van der Waals surface area contributed by atoms with E-state index >= 15 is 0 Å². The lowest BCUT2D eigenvalue weighted by atomic mass is 9.97. The average molecular weight is 380 g/mol. The first-order chi connectivity index (χ1) is 13.7. The summed E-state index contributed by atoms with van der Waals surface area (Å²) >= 11 is 0. The van der Waals surface area contributed by atoms with Gasteiger partial charge in [-0.25, -0.2) is 4.99 Å². The first kappa shape index (κ1) is 19.9. The number of carbonyl (C=O) groups is 1. The summed E-state index contributed by atoms with van der Waals surface area (Å²) in [5.41, 5.74) is 3.20. The zero-order valence-electron chi connectivity index (χ0n) is 16.6. The monoisotopic (exact) mass is 380 g/mol. The Morgan fingerprint density at radius 3 is 2.75 bits per heavy atom. The molecule has 1 aromatic heterocycles. The Morgan fingerprint density at radius 1 is 1.25 bits per heavy atom. The van der Waals surface area contributed by atoms with Gasteiger partial charge in [0.2, 0.25) is 0 Å². The van der Waals surface area contributed by atoms with Gasteiger partial charge in [0, 0.05) is 31.4 Å². The number of esters is 1. The lowest BCUT2D eigenvalue weighted by molar-refractivity contribution is -0.146. The van der Waals surface area contributed by atoms with Crippen molar-refractivity contribution in [3.8, 4) is 11.3 Å². The maximum absolute atomic E-state index is 11.7. The van der Waals surface area contributed by atoms with E-state index in [1.165, 1.54) is 7.11 Å². The van der Waals surface area contributed by atoms with Crippen LogP contribution < -0.4 is 5.32 Å². The third kappa shape index (κ3) is 5.09. The fraction of sp³-hybridized carbons (Fsp3) is 0.409. The molecule has 2 heterocycles. The Kier molecular flexibility index (Phi) is 7.00. The summed E-state index contributed by atoms with van der Waals surface area (Å²) in [6.07, 6.45) is 3.40. The summed E-state index contributed by atoms with van der Waals surface area (Å²) in [6, 6.07) is 14.3. The molecule has 0 saturated carbocycles. The van der Waals surface area contributed by atoms with Crippen LogP contribution in [0.5, 0.6) is 0 Å². The summed E-state index contributed by atoms with van der Waals surface area (Å²) in [5, 5.41) is 3.37. The topological polar surface area (TPSA) is 66.8 Å². The quantitative estimate of drug-likeness (QED) is 0.490. The van der Waals surface area contributed by atoms with E-state index in [0.717, 1.165) is 55.3 Å². The normalized spacial score (nSPS) is 15.4. The average Bonchev–Trinajstić information content (AvgIpc) is 2.77. The number of nitrogens with one attached hydrogen (secondary N) is 1. The van der Waals surface area contributed by atoms with Gasteiger partial charge in [-0.2, -0.15) is 0 Å². The Morgan fingerprint density at radius 2 is 2.07 bits per heavy atom. The molecule has 0 atom stereocenters. The lowest BCUT2D eigenvalue weighted by Gasteiger charge is -2.33. The van der Waals surface area contributed by atoms with Crippen molar-refractivity contribution in [2.45, 2.75) is 26.3 Å². The molecule has 0 spiro atoms. The molecule has 148 valence electrons. The van der Waals surface area contributed by atoms with Crippen molar-refractivity contribution in [3.63, 3.8) is 0 Å². The van der Waals surface area contributed by atoms with Gasteiger partial charge >= 0.3 is 5.97 Å². The number of nitrogens with zero attached hydrogens (tertiary/aromatic N) is 3. The molecule has 1 saturated heterocycles. The molecule has 0 bridgehead atoms. The minimum atomic E-state index is -0.104. The van der Waals surface area contributed by atoms with E-state index in [9.17, 15) is 4.79 Å². The highest BCUT2D eigenvalue weighted by atomic mass is 16.5. The zero-order chi connectivity index (χ0) is 19.8. The van der Waals surface area contributed by atoms with Gasteiger partial charge in [0.1, 0.15) is 0 Å². The molecule has 1 aliphatic heterocycles. The fourth-order valence-electron chi connectivity index (χ4n) is 3.45. The highest BCUT2D eigenvalue weighted by Crippen LogP contribution is 2.20. The molecule has 0 radical (unpaired) electrons. The molecule has 1 aliphatic rings. The highest BCUT2D eigenvalue weighted by molar-refractivity contribution is 5.80. The van der Waals surface area contributed by atoms with Gasteiger partial charge in [-0.1, -0.05) is 24.3 Å². The summed E-state index contributed by atoms with van der Waals surface area (Å²) in [5.74, 6) is 0.793. The van der Waals surface area contributed by atoms with Crippen LogP contribution in [0.3, 0.4) is 0 Å². The molecule has 28 heavy (non-hydrogen) atoms. The number of methoxy groups -OCH3 is 1. The van der Waals surface area contributed by atoms with Crippen LogP contribution in [-0.2, 0) is 16.1 Å². The van der Waals surface area contributed by atoms with Gasteiger partial charge in [0.15, 0.2) is 5.96 Å². The van der Waals surface area contributed by atoms with Gasteiger partial charge in [-0.05, 0) is 43.5 Å². The number of likely N-dealkylation sites (tertiary alicyclic amines) is 1. The van der Waals surface area contributed by atoms with Crippen molar-refractivity contribution in [2.75, 3.05) is 26.7 Å². The molecule has 1 fully saturated rings. The molecular formula is C22H28N4O2. The van der Waals surface area contributed by atoms with Crippen molar-refractivity contribution in [1.29, 1.82) is 0 Å². The van der Waals surface area contributed by atoms with Crippen molar-refractivity contribution in [1.82, 2.24) is 15.2 Å². The van der Waals surface area contributed by atoms with Crippen LogP contribution in [-0.4, -0.2) is 48.6 Å². The number of rotatable bonds is 5. The summed E-state index contributed by atoms with van der Waals surface area (Å²) < 4.78 is 4.88. The molecular weight excluding hydrogens is 352 g/mol. The van der Waals surface area contributed by atoms with Gasteiger partial charge in [-0.3, -0.25) is 9.78 Å². The zero-order valence-corrected chi connectivity index (χ0v) is 16.6. The number of piperidine rings is 1. The minimum Gasteiger partial charge on any atom is -0.469 e. The van der Waals surface area contributed by atoms with Crippen LogP contribution in [0.2, 0.25) is 0 Å². The van der Waals surface area contributed by atoms with Gasteiger partial charge in [-0.15, -0.1) is 0 Å². The van der Waals surface area contributed by atoms with Gasteiger partial charge in [0.25, 0.3) is 0 Å². The van der Waals surface area contributed by atoms with E-state index in [-0.39, 0.29) is 11.9 Å². The number of aliphatic imine (C=N–C) groups is 1. The molecule has 0 aliphatic carbocycles. The maximum atomic E-state index is 11.7. The van der Waals surface area contributed by atoms with Crippen LogP contribution >= 0.6 is 0 Å². The standard InChI is InChI=1S/C22H28N4O2/c1-3-23-22(26-13-10-18(11-14-26)21(27)28-2)25-16-17-7-6-8-19(15-17)20-9-4-5-12-24-20/h4-9,12,15,18H,3,10-11,13-14,16H2,1-2H3,(H,23,25). The molecule has 6 nitrogen and oxygen atoms in total. The van der Waals surface area contributed by atoms with Crippen molar-refractivity contribution in [3.05, 3.63) is 54.2 Å². The second-order valence-electron chi connectivity index (χ2n) is 6.87. The molecule has 1 aromatic carbocycles. The van der Waals surface area contributed by atoms with Crippen molar-refractivity contribution < 1.29 is 9.53 Å². The Balaban J connectivity index is 1.68. The SMILES string of the molecule is CCNC(=NCc1cccc(-c2ccccn2)c1)N1CCC(C(=O)OC)CC1. The number of ether oxygens (including phenoxy) is 1. The first-order valence-electron chi connectivity index (χ1n) is 9.82. The predicted molar refractivity (Wildman–Crippen MR) is 111 cm³/mol. The first-order valence-corrected chi connectivity index (χ1v) is 9.82. The van der Waals surface area contributed by atoms with E-state index in [1.807, 2.05) is 24.3 Å². The maximum Gasteiger partial charge on any atom is 0.308 e. The minimum absolute atomic E-state index is 0.000759. The van der Waals surface area contributed by atoms with Gasteiger partial charge in [0.05, 0.1) is 25.3 Å². The largest absolute Gasteiger partial charge is 0.469 e. The molecule has 6 heteroatoms. The summed E-state index contributed by atoms with van der Waals surface area (Å²) in [4.78, 5) is 23.2. The van der Waals surface area contributed by atoms with E-state index in [4.69, 9.17) is 9.73 Å². The molecule has 0 amide bonds. The second-order valence-corrected chi connectivity index (χ2v) is 6.87. The number of benzene rings is 1. The van der Waals surface area contributed by atoms with Crippen LogP contribution in [0.4, 0.5) is 0 Å².